The Morgan fingerprint density at radius 2 is 1.65 bits per heavy atom. The molecule has 160 valence electrons. The van der Waals surface area contributed by atoms with E-state index in [9.17, 15) is 13.2 Å². The van der Waals surface area contributed by atoms with E-state index in [4.69, 9.17) is 27.9 Å². The molecule has 4 rings (SSSR count). The number of anilines is 2. The van der Waals surface area contributed by atoms with Gasteiger partial charge in [0.15, 0.2) is 0 Å². The number of nitrogens with one attached hydrogen (secondary N) is 1. The number of amides is 1. The fraction of sp³-hybridized carbons (Fsp3) is 0.136. The second-order valence-electron chi connectivity index (χ2n) is 6.90. The van der Waals surface area contributed by atoms with E-state index in [0.717, 1.165) is 9.87 Å². The predicted molar refractivity (Wildman–Crippen MR) is 121 cm³/mol. The van der Waals surface area contributed by atoms with Crippen LogP contribution in [0.5, 0.6) is 0 Å². The maximum absolute atomic E-state index is 13.6. The molecule has 9 heteroatoms. The molecule has 1 aliphatic heterocycles. The van der Waals surface area contributed by atoms with Gasteiger partial charge < -0.3 is 10.1 Å². The number of rotatable bonds is 6. The van der Waals surface area contributed by atoms with Crippen LogP contribution in [0.1, 0.15) is 5.56 Å². The number of fused-ring (bicyclic) bond motifs is 1. The van der Waals surface area contributed by atoms with Crippen LogP contribution in [0.25, 0.3) is 0 Å². The lowest BCUT2D eigenvalue weighted by Gasteiger charge is -2.36. The standard InChI is InChI=1S/C22H18Cl2N2O4S/c23-17-11-10-16(12-18(17)24)31(28,29)26-20-9-5-4-8-19(20)25-22(27)21(26)14-30-13-15-6-2-1-3-7-15/h1-12,21H,13-14H2,(H,25,27)/t21-/m1/s1. The Bertz CT molecular complexity index is 1220. The molecular weight excluding hydrogens is 459 g/mol. The number of sulfonamides is 1. The van der Waals surface area contributed by atoms with Crippen LogP contribution in [0.3, 0.4) is 0 Å². The van der Waals surface area contributed by atoms with Crippen LogP contribution in [0, 0.1) is 0 Å². The summed E-state index contributed by atoms with van der Waals surface area (Å²) in [7, 11) is -4.14. The molecule has 6 nitrogen and oxygen atoms in total. The smallest absolute Gasteiger partial charge is 0.265 e. The largest absolute Gasteiger partial charge is 0.374 e. The highest BCUT2D eigenvalue weighted by Gasteiger charge is 2.41. The van der Waals surface area contributed by atoms with Crippen molar-refractivity contribution in [2.45, 2.75) is 17.5 Å². The molecule has 0 bridgehead atoms. The summed E-state index contributed by atoms with van der Waals surface area (Å²) < 4.78 is 34.0. The SMILES string of the molecule is O=C1Nc2ccccc2N(S(=O)(=O)c2ccc(Cl)c(Cl)c2)[C@@H]1COCc1ccccc1. The summed E-state index contributed by atoms with van der Waals surface area (Å²) in [6.45, 7) is 0.114. The van der Waals surface area contributed by atoms with Gasteiger partial charge in [0.05, 0.1) is 39.5 Å². The van der Waals surface area contributed by atoms with Gasteiger partial charge in [-0.15, -0.1) is 0 Å². The summed E-state index contributed by atoms with van der Waals surface area (Å²) in [5.74, 6) is -0.476. The van der Waals surface area contributed by atoms with Gasteiger partial charge in [-0.05, 0) is 35.9 Å². The molecule has 1 aliphatic rings. The zero-order valence-corrected chi connectivity index (χ0v) is 18.5. The van der Waals surface area contributed by atoms with E-state index in [2.05, 4.69) is 5.32 Å². The van der Waals surface area contributed by atoms with Crippen LogP contribution >= 0.6 is 23.2 Å². The van der Waals surface area contributed by atoms with Crippen molar-refractivity contribution in [1.29, 1.82) is 0 Å². The molecule has 1 heterocycles. The Hall–Kier alpha value is -2.58. The first-order chi connectivity index (χ1) is 14.9. The molecule has 1 atom stereocenters. The van der Waals surface area contributed by atoms with Crippen LogP contribution < -0.4 is 9.62 Å². The predicted octanol–water partition coefficient (Wildman–Crippen LogP) is 4.73. The van der Waals surface area contributed by atoms with Crippen LogP contribution in [0.2, 0.25) is 10.0 Å². The van der Waals surface area contributed by atoms with Gasteiger partial charge >= 0.3 is 0 Å². The highest BCUT2D eigenvalue weighted by molar-refractivity contribution is 7.93. The third kappa shape index (κ3) is 4.41. The maximum atomic E-state index is 13.6. The number of nitrogens with zero attached hydrogens (tertiary/aromatic N) is 1. The van der Waals surface area contributed by atoms with E-state index in [0.29, 0.717) is 11.4 Å². The molecule has 0 fully saturated rings. The third-order valence-electron chi connectivity index (χ3n) is 4.82. The van der Waals surface area contributed by atoms with Gasteiger partial charge in [0.2, 0.25) is 0 Å². The van der Waals surface area contributed by atoms with E-state index in [-0.39, 0.29) is 28.2 Å². The number of carbonyl (C=O) groups excluding carboxylic acids is 1. The highest BCUT2D eigenvalue weighted by Crippen LogP contribution is 2.37. The summed E-state index contributed by atoms with van der Waals surface area (Å²) in [5, 5.41) is 3.10. The summed E-state index contributed by atoms with van der Waals surface area (Å²) >= 11 is 12.0. The number of halogens is 2. The summed E-state index contributed by atoms with van der Waals surface area (Å²) in [6.07, 6.45) is 0. The number of benzene rings is 3. The van der Waals surface area contributed by atoms with Crippen LogP contribution in [-0.4, -0.2) is 27.0 Å². The molecule has 31 heavy (non-hydrogen) atoms. The molecule has 0 saturated heterocycles. The molecule has 0 saturated carbocycles. The summed E-state index contributed by atoms with van der Waals surface area (Å²) in [5.41, 5.74) is 1.66. The number of hydrogen-bond donors (Lipinski definition) is 1. The first-order valence-electron chi connectivity index (χ1n) is 9.39. The maximum Gasteiger partial charge on any atom is 0.265 e. The van der Waals surface area contributed by atoms with Crippen molar-refractivity contribution >= 4 is 50.5 Å². The third-order valence-corrected chi connectivity index (χ3v) is 7.38. The minimum absolute atomic E-state index is 0.0699. The molecule has 0 unspecified atom stereocenters. The summed E-state index contributed by atoms with van der Waals surface area (Å²) in [4.78, 5) is 12.8. The number of carbonyl (C=O) groups is 1. The van der Waals surface area contributed by atoms with E-state index in [1.54, 1.807) is 24.3 Å². The topological polar surface area (TPSA) is 75.7 Å². The normalized spacial score (nSPS) is 16.0. The van der Waals surface area contributed by atoms with Crippen molar-refractivity contribution in [2.24, 2.45) is 0 Å². The van der Waals surface area contributed by atoms with Gasteiger partial charge in [0.25, 0.3) is 15.9 Å². The second-order valence-corrected chi connectivity index (χ2v) is 9.53. The van der Waals surface area contributed by atoms with Gasteiger partial charge in [-0.2, -0.15) is 0 Å². The lowest BCUT2D eigenvalue weighted by Crippen LogP contribution is -2.53. The zero-order chi connectivity index (χ0) is 22.0. The fourth-order valence-electron chi connectivity index (χ4n) is 3.32. The molecule has 1 amide bonds. The van der Waals surface area contributed by atoms with Crippen LogP contribution in [0.4, 0.5) is 11.4 Å². The average molecular weight is 477 g/mol. The zero-order valence-electron chi connectivity index (χ0n) is 16.2. The average Bonchev–Trinajstić information content (AvgIpc) is 2.76. The monoisotopic (exact) mass is 476 g/mol. The first kappa shape index (κ1) is 21.6. The fourth-order valence-corrected chi connectivity index (χ4v) is 5.32. The van der Waals surface area contributed by atoms with Crippen molar-refractivity contribution in [2.75, 3.05) is 16.2 Å². The first-order valence-corrected chi connectivity index (χ1v) is 11.6. The van der Waals surface area contributed by atoms with Crippen molar-refractivity contribution in [3.8, 4) is 0 Å². The molecule has 0 aromatic heterocycles. The molecular formula is C22H18Cl2N2O4S. The van der Waals surface area contributed by atoms with Crippen LogP contribution in [0.15, 0.2) is 77.7 Å². The number of ether oxygens (including phenoxy) is 1. The molecule has 3 aromatic rings. The minimum atomic E-state index is -4.14. The lowest BCUT2D eigenvalue weighted by atomic mass is 10.1. The van der Waals surface area contributed by atoms with Gasteiger partial charge in [0, 0.05) is 0 Å². The Balaban J connectivity index is 1.70. The van der Waals surface area contributed by atoms with Gasteiger partial charge in [-0.3, -0.25) is 4.79 Å². The lowest BCUT2D eigenvalue weighted by molar-refractivity contribution is -0.118. The molecule has 0 aliphatic carbocycles. The molecule has 0 spiro atoms. The second kappa shape index (κ2) is 8.88. The number of hydrogen-bond acceptors (Lipinski definition) is 4. The number of para-hydroxylation sites is 2. The van der Waals surface area contributed by atoms with Crippen molar-refractivity contribution < 1.29 is 17.9 Å². The van der Waals surface area contributed by atoms with Crippen molar-refractivity contribution in [3.05, 3.63) is 88.4 Å². The van der Waals surface area contributed by atoms with E-state index in [1.165, 1.54) is 18.2 Å². The van der Waals surface area contributed by atoms with Crippen molar-refractivity contribution in [1.82, 2.24) is 0 Å². The minimum Gasteiger partial charge on any atom is -0.374 e. The summed E-state index contributed by atoms with van der Waals surface area (Å²) in [6, 6.07) is 19.1. The Kier molecular flexibility index (Phi) is 6.20. The Morgan fingerprint density at radius 3 is 2.39 bits per heavy atom. The molecule has 1 N–H and O–H groups in total. The van der Waals surface area contributed by atoms with Gasteiger partial charge in [0.1, 0.15) is 6.04 Å². The highest BCUT2D eigenvalue weighted by atomic mass is 35.5. The molecule has 0 radical (unpaired) electrons. The quantitative estimate of drug-likeness (QED) is 0.557. The van der Waals surface area contributed by atoms with Gasteiger partial charge in [-0.1, -0.05) is 65.7 Å². The van der Waals surface area contributed by atoms with Gasteiger partial charge in [-0.25, -0.2) is 12.7 Å². The molecule has 3 aromatic carbocycles. The van der Waals surface area contributed by atoms with E-state index in [1.807, 2.05) is 30.3 Å². The van der Waals surface area contributed by atoms with E-state index < -0.39 is 22.0 Å². The van der Waals surface area contributed by atoms with Crippen molar-refractivity contribution in [3.63, 3.8) is 0 Å². The Morgan fingerprint density at radius 1 is 0.935 bits per heavy atom. The van der Waals surface area contributed by atoms with E-state index >= 15 is 0 Å². The van der Waals surface area contributed by atoms with Crippen LogP contribution in [-0.2, 0) is 26.2 Å². The Labute approximate surface area is 190 Å².